The summed E-state index contributed by atoms with van der Waals surface area (Å²) in [7, 11) is 0. The van der Waals surface area contributed by atoms with Gasteiger partial charge in [0.2, 0.25) is 6.08 Å². The number of para-hydroxylation sites is 1. The van der Waals surface area contributed by atoms with Crippen molar-refractivity contribution >= 4 is 11.8 Å². The standard InChI is InChI=1S/C15H19NO/c1-15(2)9-7-12(8-10-15)13-5-3-4-6-14(13)16-11-17/h3-6,12H,7-10H2,1-2H3. The van der Waals surface area contributed by atoms with Crippen molar-refractivity contribution in [2.45, 2.75) is 45.4 Å². The van der Waals surface area contributed by atoms with Gasteiger partial charge in [-0.25, -0.2) is 4.79 Å². The van der Waals surface area contributed by atoms with Crippen molar-refractivity contribution in [3.8, 4) is 0 Å². The maximum absolute atomic E-state index is 10.4. The van der Waals surface area contributed by atoms with Crippen LogP contribution in [-0.2, 0) is 4.79 Å². The molecule has 1 aliphatic rings. The van der Waals surface area contributed by atoms with Gasteiger partial charge in [-0.3, -0.25) is 0 Å². The molecule has 0 spiro atoms. The summed E-state index contributed by atoms with van der Waals surface area (Å²) >= 11 is 0. The molecule has 0 N–H and O–H groups in total. The molecule has 1 aromatic carbocycles. The maximum atomic E-state index is 10.4. The first-order valence-corrected chi connectivity index (χ1v) is 6.29. The Morgan fingerprint density at radius 1 is 1.24 bits per heavy atom. The zero-order chi connectivity index (χ0) is 12.3. The largest absolute Gasteiger partial charge is 0.240 e. The van der Waals surface area contributed by atoms with Crippen LogP contribution >= 0.6 is 0 Å². The molecule has 90 valence electrons. The fraction of sp³-hybridized carbons (Fsp3) is 0.533. The Bertz CT molecular complexity index is 434. The highest BCUT2D eigenvalue weighted by atomic mass is 16.1. The molecule has 1 aromatic rings. The number of aliphatic imine (C=N–C) groups is 1. The normalized spacial score (nSPS) is 19.6. The Kier molecular flexibility index (Phi) is 3.44. The third-order valence-electron chi connectivity index (χ3n) is 3.88. The predicted molar refractivity (Wildman–Crippen MR) is 69.2 cm³/mol. The molecule has 0 radical (unpaired) electrons. The molecule has 0 heterocycles. The second kappa shape index (κ2) is 4.85. The number of hydrogen-bond donors (Lipinski definition) is 0. The molecular weight excluding hydrogens is 210 g/mol. The first kappa shape index (κ1) is 12.1. The molecule has 2 heteroatoms. The number of isocyanates is 1. The van der Waals surface area contributed by atoms with E-state index in [-0.39, 0.29) is 0 Å². The zero-order valence-electron chi connectivity index (χ0n) is 10.6. The van der Waals surface area contributed by atoms with Crippen LogP contribution in [0.5, 0.6) is 0 Å². The van der Waals surface area contributed by atoms with E-state index >= 15 is 0 Å². The lowest BCUT2D eigenvalue weighted by Crippen LogP contribution is -2.20. The van der Waals surface area contributed by atoms with Crippen LogP contribution in [-0.4, -0.2) is 6.08 Å². The van der Waals surface area contributed by atoms with Crippen molar-refractivity contribution < 1.29 is 4.79 Å². The van der Waals surface area contributed by atoms with Crippen LogP contribution in [0.3, 0.4) is 0 Å². The van der Waals surface area contributed by atoms with E-state index in [1.165, 1.54) is 31.2 Å². The summed E-state index contributed by atoms with van der Waals surface area (Å²) in [6, 6.07) is 7.95. The van der Waals surface area contributed by atoms with Gasteiger partial charge in [-0.15, -0.1) is 0 Å². The van der Waals surface area contributed by atoms with Crippen LogP contribution in [0, 0.1) is 5.41 Å². The van der Waals surface area contributed by atoms with E-state index in [1.54, 1.807) is 6.08 Å². The summed E-state index contributed by atoms with van der Waals surface area (Å²) in [5.41, 5.74) is 2.48. The van der Waals surface area contributed by atoms with Crippen molar-refractivity contribution in [2.24, 2.45) is 10.4 Å². The third kappa shape index (κ3) is 2.83. The zero-order valence-corrected chi connectivity index (χ0v) is 10.6. The molecule has 0 bridgehead atoms. The molecule has 2 rings (SSSR count). The highest BCUT2D eigenvalue weighted by molar-refractivity contribution is 5.54. The SMILES string of the molecule is CC1(C)CCC(c2ccccc2N=C=O)CC1. The molecule has 1 fully saturated rings. The van der Waals surface area contributed by atoms with Crippen LogP contribution in [0.2, 0.25) is 0 Å². The fourth-order valence-corrected chi connectivity index (χ4v) is 2.69. The minimum Gasteiger partial charge on any atom is -0.211 e. The third-order valence-corrected chi connectivity index (χ3v) is 3.88. The van der Waals surface area contributed by atoms with Crippen LogP contribution in [0.15, 0.2) is 29.3 Å². The van der Waals surface area contributed by atoms with Crippen molar-refractivity contribution in [1.29, 1.82) is 0 Å². The maximum Gasteiger partial charge on any atom is 0.240 e. The molecule has 0 aliphatic heterocycles. The molecule has 17 heavy (non-hydrogen) atoms. The van der Waals surface area contributed by atoms with Crippen LogP contribution in [0.4, 0.5) is 5.69 Å². The van der Waals surface area contributed by atoms with Crippen LogP contribution in [0.1, 0.15) is 51.0 Å². The van der Waals surface area contributed by atoms with E-state index in [2.05, 4.69) is 24.9 Å². The molecule has 1 saturated carbocycles. The molecule has 0 atom stereocenters. The van der Waals surface area contributed by atoms with Crippen LogP contribution < -0.4 is 0 Å². The summed E-state index contributed by atoms with van der Waals surface area (Å²) in [6.07, 6.45) is 6.53. The highest BCUT2D eigenvalue weighted by Crippen LogP contribution is 2.44. The fourth-order valence-electron chi connectivity index (χ4n) is 2.69. The summed E-state index contributed by atoms with van der Waals surface area (Å²) in [5, 5.41) is 0. The molecule has 1 aliphatic carbocycles. The number of benzene rings is 1. The number of rotatable bonds is 2. The van der Waals surface area contributed by atoms with Gasteiger partial charge in [0.1, 0.15) is 0 Å². The second-order valence-corrected chi connectivity index (χ2v) is 5.70. The summed E-state index contributed by atoms with van der Waals surface area (Å²) < 4.78 is 0. The number of hydrogen-bond acceptors (Lipinski definition) is 2. The molecule has 2 nitrogen and oxygen atoms in total. The average molecular weight is 229 g/mol. The summed E-state index contributed by atoms with van der Waals surface area (Å²) in [5.74, 6) is 0.552. The minimum atomic E-state index is 0.472. The Hall–Kier alpha value is -1.40. The lowest BCUT2D eigenvalue weighted by Gasteiger charge is -2.34. The lowest BCUT2D eigenvalue weighted by molar-refractivity contribution is 0.224. The average Bonchev–Trinajstić information content (AvgIpc) is 2.31. The van der Waals surface area contributed by atoms with Gasteiger partial charge in [0.25, 0.3) is 0 Å². The van der Waals surface area contributed by atoms with Crippen molar-refractivity contribution in [3.63, 3.8) is 0 Å². The van der Waals surface area contributed by atoms with Gasteiger partial charge < -0.3 is 0 Å². The van der Waals surface area contributed by atoms with Gasteiger partial charge in [0, 0.05) is 0 Å². The Morgan fingerprint density at radius 2 is 1.88 bits per heavy atom. The van der Waals surface area contributed by atoms with E-state index in [0.29, 0.717) is 11.3 Å². The monoisotopic (exact) mass is 229 g/mol. The molecule has 0 unspecified atom stereocenters. The highest BCUT2D eigenvalue weighted by Gasteiger charge is 2.28. The van der Waals surface area contributed by atoms with E-state index < -0.39 is 0 Å². The molecule has 0 amide bonds. The van der Waals surface area contributed by atoms with E-state index in [1.807, 2.05) is 18.2 Å². The van der Waals surface area contributed by atoms with Crippen molar-refractivity contribution in [2.75, 3.05) is 0 Å². The molecular formula is C15H19NO. The smallest absolute Gasteiger partial charge is 0.211 e. The van der Waals surface area contributed by atoms with Crippen molar-refractivity contribution in [1.82, 2.24) is 0 Å². The van der Waals surface area contributed by atoms with Gasteiger partial charge in [0.05, 0.1) is 5.69 Å². The Balaban J connectivity index is 2.21. The number of nitrogens with zero attached hydrogens (tertiary/aromatic N) is 1. The second-order valence-electron chi connectivity index (χ2n) is 5.70. The minimum absolute atomic E-state index is 0.472. The van der Waals surface area contributed by atoms with Gasteiger partial charge in [-0.1, -0.05) is 32.0 Å². The lowest BCUT2D eigenvalue weighted by atomic mass is 9.71. The van der Waals surface area contributed by atoms with Crippen molar-refractivity contribution in [3.05, 3.63) is 29.8 Å². The first-order chi connectivity index (χ1) is 8.12. The summed E-state index contributed by atoms with van der Waals surface area (Å²) in [4.78, 5) is 14.2. The van der Waals surface area contributed by atoms with Gasteiger partial charge in [-0.2, -0.15) is 4.99 Å². The summed E-state index contributed by atoms with van der Waals surface area (Å²) in [6.45, 7) is 4.66. The quantitative estimate of drug-likeness (QED) is 0.548. The Labute approximate surface area is 103 Å². The number of carbonyl (C=O) groups excluding carboxylic acids is 1. The Morgan fingerprint density at radius 3 is 2.53 bits per heavy atom. The first-order valence-electron chi connectivity index (χ1n) is 6.29. The van der Waals surface area contributed by atoms with Crippen LogP contribution in [0.25, 0.3) is 0 Å². The molecule has 0 saturated heterocycles. The van der Waals surface area contributed by atoms with E-state index in [4.69, 9.17) is 0 Å². The van der Waals surface area contributed by atoms with E-state index in [0.717, 1.165) is 5.69 Å². The van der Waals surface area contributed by atoms with Gasteiger partial charge in [0.15, 0.2) is 0 Å². The topological polar surface area (TPSA) is 29.4 Å². The predicted octanol–water partition coefficient (Wildman–Crippen LogP) is 4.34. The van der Waals surface area contributed by atoms with Gasteiger partial charge >= 0.3 is 0 Å². The van der Waals surface area contributed by atoms with Gasteiger partial charge in [-0.05, 0) is 48.6 Å². The van der Waals surface area contributed by atoms with E-state index in [9.17, 15) is 4.79 Å². The molecule has 0 aromatic heterocycles.